The van der Waals surface area contributed by atoms with Crippen LogP contribution in [0.1, 0.15) is 11.3 Å². The number of H-pyrrole nitrogens is 1. The molecule has 1 aliphatic heterocycles. The molecule has 1 aromatic carbocycles. The van der Waals surface area contributed by atoms with Crippen LogP contribution in [0.2, 0.25) is 5.02 Å². The van der Waals surface area contributed by atoms with E-state index in [9.17, 15) is 0 Å². The maximum atomic E-state index is 6.25. The minimum absolute atomic E-state index is 0.696. The van der Waals surface area contributed by atoms with E-state index >= 15 is 0 Å². The molecule has 0 spiro atoms. The van der Waals surface area contributed by atoms with Crippen LogP contribution in [0.25, 0.3) is 11.1 Å². The van der Waals surface area contributed by atoms with Crippen molar-refractivity contribution in [3.63, 3.8) is 0 Å². The van der Waals surface area contributed by atoms with E-state index in [1.807, 2.05) is 18.3 Å². The van der Waals surface area contributed by atoms with Gasteiger partial charge in [-0.2, -0.15) is 0 Å². The number of nitrogens with one attached hydrogen (secondary N) is 2. The van der Waals surface area contributed by atoms with Crippen LogP contribution < -0.4 is 11.1 Å². The van der Waals surface area contributed by atoms with Gasteiger partial charge in [-0.25, -0.2) is 0 Å². The highest BCUT2D eigenvalue weighted by atomic mass is 35.5. The normalized spacial score (nSPS) is 14.6. The molecule has 3 rings (SSSR count). The first-order chi connectivity index (χ1) is 8.25. The van der Waals surface area contributed by atoms with Crippen LogP contribution in [0.4, 0.5) is 5.69 Å². The fourth-order valence-corrected chi connectivity index (χ4v) is 2.63. The van der Waals surface area contributed by atoms with Gasteiger partial charge in [0.1, 0.15) is 0 Å². The Balaban J connectivity index is 2.12. The average Bonchev–Trinajstić information content (AvgIpc) is 2.73. The molecule has 1 aliphatic rings. The van der Waals surface area contributed by atoms with E-state index in [1.54, 1.807) is 6.07 Å². The monoisotopic (exact) mass is 247 g/mol. The summed E-state index contributed by atoms with van der Waals surface area (Å²) >= 11 is 6.25. The van der Waals surface area contributed by atoms with E-state index in [0.717, 1.165) is 25.1 Å². The van der Waals surface area contributed by atoms with Gasteiger partial charge in [0.25, 0.3) is 0 Å². The van der Waals surface area contributed by atoms with Crippen LogP contribution in [-0.2, 0) is 13.0 Å². The van der Waals surface area contributed by atoms with Gasteiger partial charge in [-0.15, -0.1) is 0 Å². The predicted molar refractivity (Wildman–Crippen MR) is 71.1 cm³/mol. The van der Waals surface area contributed by atoms with E-state index < -0.39 is 0 Å². The maximum absolute atomic E-state index is 6.25. The minimum Gasteiger partial charge on any atom is -0.399 e. The first kappa shape index (κ1) is 10.7. The van der Waals surface area contributed by atoms with Gasteiger partial charge in [-0.1, -0.05) is 17.7 Å². The SMILES string of the molecule is Nc1ccc(-c2c[nH]c3c2CNCC3)c(Cl)c1. The highest BCUT2D eigenvalue weighted by molar-refractivity contribution is 6.33. The van der Waals surface area contributed by atoms with E-state index in [2.05, 4.69) is 10.3 Å². The molecule has 0 aliphatic carbocycles. The summed E-state index contributed by atoms with van der Waals surface area (Å²) < 4.78 is 0. The molecule has 0 bridgehead atoms. The Morgan fingerprint density at radius 3 is 2.94 bits per heavy atom. The summed E-state index contributed by atoms with van der Waals surface area (Å²) in [5.41, 5.74) is 11.3. The Labute approximate surface area is 105 Å². The number of nitrogens with two attached hydrogens (primary N) is 1. The molecule has 17 heavy (non-hydrogen) atoms. The van der Waals surface area contributed by atoms with Crippen molar-refractivity contribution >= 4 is 17.3 Å². The second-order valence-electron chi connectivity index (χ2n) is 4.33. The Kier molecular flexibility index (Phi) is 2.57. The number of hydrogen-bond donors (Lipinski definition) is 3. The molecule has 88 valence electrons. The number of benzene rings is 1. The summed E-state index contributed by atoms with van der Waals surface area (Å²) in [6.45, 7) is 1.93. The third kappa shape index (κ3) is 1.81. The molecule has 4 N–H and O–H groups in total. The molecule has 1 aromatic heterocycles. The highest BCUT2D eigenvalue weighted by Crippen LogP contribution is 2.34. The van der Waals surface area contributed by atoms with Gasteiger partial charge < -0.3 is 16.0 Å². The summed E-state index contributed by atoms with van der Waals surface area (Å²) in [6.07, 6.45) is 3.08. The number of fused-ring (bicyclic) bond motifs is 1. The van der Waals surface area contributed by atoms with E-state index in [1.165, 1.54) is 16.8 Å². The van der Waals surface area contributed by atoms with Crippen molar-refractivity contribution in [2.75, 3.05) is 12.3 Å². The van der Waals surface area contributed by atoms with E-state index in [4.69, 9.17) is 17.3 Å². The molecule has 2 aromatic rings. The minimum atomic E-state index is 0.696. The van der Waals surface area contributed by atoms with Crippen LogP contribution in [0.5, 0.6) is 0 Å². The lowest BCUT2D eigenvalue weighted by molar-refractivity contribution is 0.639. The van der Waals surface area contributed by atoms with Crippen molar-refractivity contribution in [2.45, 2.75) is 13.0 Å². The molecular weight excluding hydrogens is 234 g/mol. The number of halogens is 1. The van der Waals surface area contributed by atoms with Gasteiger partial charge in [-0.05, 0) is 17.7 Å². The summed E-state index contributed by atoms with van der Waals surface area (Å²) in [5.74, 6) is 0. The fraction of sp³-hybridized carbons (Fsp3) is 0.231. The number of anilines is 1. The standard InChI is InChI=1S/C13H14ClN3/c14-12-5-8(15)1-2-9(12)10-7-17-13-3-4-16-6-11(10)13/h1-2,5,7,16-17H,3-4,6,15H2. The van der Waals surface area contributed by atoms with Crippen LogP contribution in [0.15, 0.2) is 24.4 Å². The Hall–Kier alpha value is -1.45. The Morgan fingerprint density at radius 1 is 1.24 bits per heavy atom. The van der Waals surface area contributed by atoms with Gasteiger partial charge in [-0.3, -0.25) is 0 Å². The quantitative estimate of drug-likeness (QED) is 0.679. The molecule has 0 fully saturated rings. The molecule has 0 amide bonds. The Bertz CT molecular complexity index is 560. The van der Waals surface area contributed by atoms with Crippen LogP contribution in [-0.4, -0.2) is 11.5 Å². The molecule has 3 nitrogen and oxygen atoms in total. The number of hydrogen-bond acceptors (Lipinski definition) is 2. The van der Waals surface area contributed by atoms with Gasteiger partial charge in [0.15, 0.2) is 0 Å². The van der Waals surface area contributed by atoms with Gasteiger partial charge in [0.05, 0.1) is 5.02 Å². The second kappa shape index (κ2) is 4.09. The second-order valence-corrected chi connectivity index (χ2v) is 4.73. The molecule has 2 heterocycles. The number of aromatic nitrogens is 1. The van der Waals surface area contributed by atoms with Crippen molar-refractivity contribution in [3.05, 3.63) is 40.7 Å². The fourth-order valence-electron chi connectivity index (χ4n) is 2.34. The molecule has 0 saturated heterocycles. The largest absolute Gasteiger partial charge is 0.399 e. The zero-order chi connectivity index (χ0) is 11.8. The summed E-state index contributed by atoms with van der Waals surface area (Å²) in [6, 6.07) is 5.67. The predicted octanol–water partition coefficient (Wildman–Crippen LogP) is 2.56. The lowest BCUT2D eigenvalue weighted by Crippen LogP contribution is -2.23. The first-order valence-electron chi connectivity index (χ1n) is 5.71. The van der Waals surface area contributed by atoms with Gasteiger partial charge >= 0.3 is 0 Å². The third-order valence-corrected chi connectivity index (χ3v) is 3.53. The van der Waals surface area contributed by atoms with E-state index in [-0.39, 0.29) is 0 Å². The lowest BCUT2D eigenvalue weighted by atomic mass is 9.99. The summed E-state index contributed by atoms with van der Waals surface area (Å²) in [4.78, 5) is 3.34. The first-order valence-corrected chi connectivity index (χ1v) is 6.09. The van der Waals surface area contributed by atoms with Gasteiger partial charge in [0, 0.05) is 48.2 Å². The van der Waals surface area contributed by atoms with Crippen LogP contribution >= 0.6 is 11.6 Å². The van der Waals surface area contributed by atoms with Crippen molar-refractivity contribution < 1.29 is 0 Å². The zero-order valence-electron chi connectivity index (χ0n) is 9.39. The molecule has 4 heteroatoms. The van der Waals surface area contributed by atoms with Crippen molar-refractivity contribution in [3.8, 4) is 11.1 Å². The maximum Gasteiger partial charge on any atom is 0.0505 e. The molecular formula is C13H14ClN3. The number of rotatable bonds is 1. The molecule has 0 unspecified atom stereocenters. The molecule has 0 radical (unpaired) electrons. The average molecular weight is 248 g/mol. The van der Waals surface area contributed by atoms with Crippen LogP contribution in [0.3, 0.4) is 0 Å². The van der Waals surface area contributed by atoms with Crippen molar-refractivity contribution in [2.24, 2.45) is 0 Å². The molecule has 0 saturated carbocycles. The lowest BCUT2D eigenvalue weighted by Gasteiger charge is -2.15. The third-order valence-electron chi connectivity index (χ3n) is 3.22. The van der Waals surface area contributed by atoms with Crippen molar-refractivity contribution in [1.82, 2.24) is 10.3 Å². The summed E-state index contributed by atoms with van der Waals surface area (Å²) in [5, 5.41) is 4.09. The Morgan fingerprint density at radius 2 is 2.12 bits per heavy atom. The number of aromatic amines is 1. The van der Waals surface area contributed by atoms with Crippen LogP contribution in [0, 0.1) is 0 Å². The van der Waals surface area contributed by atoms with E-state index in [0.29, 0.717) is 10.7 Å². The van der Waals surface area contributed by atoms with Gasteiger partial charge in [0.2, 0.25) is 0 Å². The zero-order valence-corrected chi connectivity index (χ0v) is 10.1. The highest BCUT2D eigenvalue weighted by Gasteiger charge is 2.17. The topological polar surface area (TPSA) is 53.8 Å². The molecule has 0 atom stereocenters. The summed E-state index contributed by atoms with van der Waals surface area (Å²) in [7, 11) is 0. The number of nitrogen functional groups attached to an aromatic ring is 1. The van der Waals surface area contributed by atoms with Crippen molar-refractivity contribution in [1.29, 1.82) is 0 Å². The smallest absolute Gasteiger partial charge is 0.0505 e.